The average Bonchev–Trinajstić information content (AvgIpc) is 3.37. The van der Waals surface area contributed by atoms with Crippen LogP contribution in [0.2, 0.25) is 5.02 Å². The van der Waals surface area contributed by atoms with E-state index >= 15 is 0 Å². The minimum atomic E-state index is -0.553. The molecule has 0 radical (unpaired) electrons. The zero-order valence-corrected chi connectivity index (χ0v) is 17.1. The Hall–Kier alpha value is -2.83. The second-order valence-corrected chi connectivity index (χ2v) is 8.02. The van der Waals surface area contributed by atoms with Crippen LogP contribution < -0.4 is 10.2 Å². The van der Waals surface area contributed by atoms with Crippen molar-refractivity contribution in [2.45, 2.75) is 25.0 Å². The average molecular weight is 426 g/mol. The lowest BCUT2D eigenvalue weighted by atomic mass is 9.98. The van der Waals surface area contributed by atoms with E-state index < -0.39 is 6.04 Å². The number of fused-ring (bicyclic) bond motifs is 2. The molecule has 1 saturated heterocycles. The summed E-state index contributed by atoms with van der Waals surface area (Å²) < 4.78 is 17.0. The van der Waals surface area contributed by atoms with Gasteiger partial charge in [0.1, 0.15) is 11.3 Å². The van der Waals surface area contributed by atoms with Gasteiger partial charge < -0.3 is 18.8 Å². The van der Waals surface area contributed by atoms with E-state index in [0.717, 1.165) is 18.4 Å². The largest absolute Gasteiger partial charge is 0.497 e. The molecule has 0 spiro atoms. The van der Waals surface area contributed by atoms with E-state index in [1.54, 1.807) is 30.2 Å². The molecule has 0 bridgehead atoms. The van der Waals surface area contributed by atoms with Crippen LogP contribution in [0.1, 0.15) is 40.6 Å². The maximum Gasteiger partial charge on any atom is 0.291 e. The smallest absolute Gasteiger partial charge is 0.291 e. The van der Waals surface area contributed by atoms with E-state index in [4.69, 9.17) is 25.5 Å². The molecule has 1 aromatic heterocycles. The van der Waals surface area contributed by atoms with Gasteiger partial charge in [0.05, 0.1) is 30.2 Å². The first-order chi connectivity index (χ1) is 14.6. The lowest BCUT2D eigenvalue weighted by Gasteiger charge is -2.27. The Kier molecular flexibility index (Phi) is 4.76. The van der Waals surface area contributed by atoms with Gasteiger partial charge in [0.25, 0.3) is 5.91 Å². The number of carbonyl (C=O) groups excluding carboxylic acids is 1. The normalized spacial score (nSPS) is 20.7. The second-order valence-electron chi connectivity index (χ2n) is 7.58. The highest BCUT2D eigenvalue weighted by molar-refractivity contribution is 6.31. The van der Waals surface area contributed by atoms with E-state index in [0.29, 0.717) is 40.5 Å². The fourth-order valence-corrected chi connectivity index (χ4v) is 4.49. The summed E-state index contributed by atoms with van der Waals surface area (Å²) in [6.45, 7) is 1.09. The molecule has 5 rings (SSSR count). The number of benzene rings is 2. The molecule has 0 aliphatic carbocycles. The van der Waals surface area contributed by atoms with Crippen molar-refractivity contribution in [3.63, 3.8) is 0 Å². The van der Waals surface area contributed by atoms with Crippen LogP contribution in [-0.4, -0.2) is 37.2 Å². The fourth-order valence-electron chi connectivity index (χ4n) is 4.32. The van der Waals surface area contributed by atoms with Crippen molar-refractivity contribution in [3.05, 3.63) is 74.6 Å². The summed E-state index contributed by atoms with van der Waals surface area (Å²) in [6.07, 6.45) is 1.80. The molecule has 1 amide bonds. The number of halogens is 1. The van der Waals surface area contributed by atoms with Crippen molar-refractivity contribution in [2.24, 2.45) is 0 Å². The van der Waals surface area contributed by atoms with Crippen LogP contribution in [0.15, 0.2) is 51.7 Å². The van der Waals surface area contributed by atoms with Crippen LogP contribution in [0.3, 0.4) is 0 Å². The summed E-state index contributed by atoms with van der Waals surface area (Å²) in [4.78, 5) is 28.5. The molecule has 3 heterocycles. The monoisotopic (exact) mass is 425 g/mol. The van der Waals surface area contributed by atoms with Gasteiger partial charge in [-0.15, -0.1) is 0 Å². The van der Waals surface area contributed by atoms with Gasteiger partial charge in [0.15, 0.2) is 5.43 Å². The molecule has 0 saturated carbocycles. The SMILES string of the molecule is COc1ccc([C@H]2c3c(oc4ccc(Cl)cc4c3=O)C(=O)N2C[C@@H]2CCCO2)cc1. The van der Waals surface area contributed by atoms with Crippen molar-refractivity contribution < 1.29 is 18.7 Å². The Morgan fingerprint density at radius 1 is 1.17 bits per heavy atom. The predicted molar refractivity (Wildman–Crippen MR) is 112 cm³/mol. The van der Waals surface area contributed by atoms with Gasteiger partial charge in [-0.3, -0.25) is 9.59 Å². The zero-order valence-electron chi connectivity index (χ0n) is 16.4. The summed E-state index contributed by atoms with van der Waals surface area (Å²) in [5, 5.41) is 0.808. The maximum absolute atomic E-state index is 13.5. The van der Waals surface area contributed by atoms with Gasteiger partial charge in [-0.1, -0.05) is 23.7 Å². The number of carbonyl (C=O) groups is 1. The Morgan fingerprint density at radius 3 is 2.67 bits per heavy atom. The van der Waals surface area contributed by atoms with E-state index in [1.165, 1.54) is 0 Å². The molecule has 154 valence electrons. The van der Waals surface area contributed by atoms with Crippen molar-refractivity contribution >= 4 is 28.5 Å². The van der Waals surface area contributed by atoms with Gasteiger partial charge in [0, 0.05) is 18.2 Å². The van der Waals surface area contributed by atoms with Crippen LogP contribution in [0, 0.1) is 0 Å². The van der Waals surface area contributed by atoms with Gasteiger partial charge in [-0.25, -0.2) is 0 Å². The lowest BCUT2D eigenvalue weighted by Crippen LogP contribution is -2.36. The van der Waals surface area contributed by atoms with E-state index in [-0.39, 0.29) is 23.2 Å². The molecule has 30 heavy (non-hydrogen) atoms. The number of rotatable bonds is 4. The molecule has 7 heteroatoms. The third-order valence-electron chi connectivity index (χ3n) is 5.78. The number of ether oxygens (including phenoxy) is 2. The molecular formula is C23H20ClNO5. The van der Waals surface area contributed by atoms with Crippen LogP contribution in [-0.2, 0) is 4.74 Å². The summed E-state index contributed by atoms with van der Waals surface area (Å²) in [7, 11) is 1.59. The number of hydrogen-bond acceptors (Lipinski definition) is 5. The van der Waals surface area contributed by atoms with E-state index in [9.17, 15) is 9.59 Å². The molecule has 2 aliphatic heterocycles. The third-order valence-corrected chi connectivity index (χ3v) is 6.02. The summed E-state index contributed by atoms with van der Waals surface area (Å²) >= 11 is 6.11. The van der Waals surface area contributed by atoms with Crippen molar-refractivity contribution in [1.82, 2.24) is 4.90 Å². The maximum atomic E-state index is 13.5. The van der Waals surface area contributed by atoms with Crippen molar-refractivity contribution in [1.29, 1.82) is 0 Å². The Morgan fingerprint density at radius 2 is 1.97 bits per heavy atom. The standard InChI is InChI=1S/C23H20ClNO5/c1-28-15-7-4-13(5-8-15)20-19-21(26)17-11-14(24)6-9-18(17)30-22(19)23(27)25(20)12-16-3-2-10-29-16/h4-9,11,16,20H,2-3,10,12H2,1H3/t16-,20-/m0/s1. The molecular weight excluding hydrogens is 406 g/mol. The van der Waals surface area contributed by atoms with Crippen molar-refractivity contribution in [3.8, 4) is 5.75 Å². The van der Waals surface area contributed by atoms with E-state index in [2.05, 4.69) is 0 Å². The highest BCUT2D eigenvalue weighted by Crippen LogP contribution is 2.39. The van der Waals surface area contributed by atoms with Crippen LogP contribution >= 0.6 is 11.6 Å². The fraction of sp³-hybridized carbons (Fsp3) is 0.304. The molecule has 2 aromatic carbocycles. The predicted octanol–water partition coefficient (Wildman–Crippen LogP) is 4.18. The minimum Gasteiger partial charge on any atom is -0.497 e. The quantitative estimate of drug-likeness (QED) is 0.627. The molecule has 6 nitrogen and oxygen atoms in total. The van der Waals surface area contributed by atoms with E-state index in [1.807, 2.05) is 24.3 Å². The Balaban J connectivity index is 1.69. The van der Waals surface area contributed by atoms with Gasteiger partial charge >= 0.3 is 0 Å². The van der Waals surface area contributed by atoms with Gasteiger partial charge in [-0.05, 0) is 48.7 Å². The minimum absolute atomic E-state index is 0.0528. The van der Waals surface area contributed by atoms with Crippen molar-refractivity contribution in [2.75, 3.05) is 20.3 Å². The van der Waals surface area contributed by atoms with Crippen LogP contribution in [0.25, 0.3) is 11.0 Å². The molecule has 0 unspecified atom stereocenters. The Labute approximate surface area is 177 Å². The first-order valence-electron chi connectivity index (χ1n) is 9.89. The molecule has 2 aliphatic rings. The summed E-state index contributed by atoms with van der Waals surface area (Å²) in [6, 6.07) is 11.7. The molecule has 1 fully saturated rings. The molecule has 2 atom stereocenters. The molecule has 3 aromatic rings. The van der Waals surface area contributed by atoms with Crippen LogP contribution in [0.4, 0.5) is 0 Å². The number of nitrogens with zero attached hydrogens (tertiary/aromatic N) is 1. The van der Waals surface area contributed by atoms with Crippen LogP contribution in [0.5, 0.6) is 5.75 Å². The molecule has 0 N–H and O–H groups in total. The zero-order chi connectivity index (χ0) is 20.8. The highest BCUT2D eigenvalue weighted by atomic mass is 35.5. The lowest BCUT2D eigenvalue weighted by molar-refractivity contribution is 0.0486. The summed E-state index contributed by atoms with van der Waals surface area (Å²) in [5.74, 6) is 0.496. The number of amides is 1. The first-order valence-corrected chi connectivity index (χ1v) is 10.3. The second kappa shape index (κ2) is 7.45. The third kappa shape index (κ3) is 3.07. The number of methoxy groups -OCH3 is 1. The van der Waals surface area contributed by atoms with Gasteiger partial charge in [0.2, 0.25) is 5.76 Å². The van der Waals surface area contributed by atoms with Gasteiger partial charge in [-0.2, -0.15) is 0 Å². The topological polar surface area (TPSA) is 69.0 Å². The first kappa shape index (κ1) is 19.2. The number of hydrogen-bond donors (Lipinski definition) is 0. The Bertz CT molecular complexity index is 1180. The summed E-state index contributed by atoms with van der Waals surface area (Å²) in [5.41, 5.74) is 1.27. The highest BCUT2D eigenvalue weighted by Gasteiger charge is 2.43.